The zero-order chi connectivity index (χ0) is 14.1. The standard InChI is InChI=1S/C15H18ClFN2O/c16-12-4-1-5-13(17)14(12)10-7-11(10)15(20)19-9-3-2-6-18-8-9/h1,4-5,9-11,18H,2-3,6-8H2,(H,19,20). The molecule has 1 aliphatic heterocycles. The highest BCUT2D eigenvalue weighted by Crippen LogP contribution is 2.50. The molecule has 3 unspecified atom stereocenters. The van der Waals surface area contributed by atoms with Gasteiger partial charge in [-0.3, -0.25) is 4.79 Å². The van der Waals surface area contributed by atoms with E-state index in [0.29, 0.717) is 17.0 Å². The quantitative estimate of drug-likeness (QED) is 0.899. The van der Waals surface area contributed by atoms with Crippen molar-refractivity contribution in [3.63, 3.8) is 0 Å². The van der Waals surface area contributed by atoms with Gasteiger partial charge in [0, 0.05) is 35.0 Å². The SMILES string of the molecule is O=C(NC1CCCNC1)C1CC1c1c(F)cccc1Cl. The summed E-state index contributed by atoms with van der Waals surface area (Å²) < 4.78 is 13.8. The monoisotopic (exact) mass is 296 g/mol. The topological polar surface area (TPSA) is 41.1 Å². The first-order valence-electron chi connectivity index (χ1n) is 7.12. The lowest BCUT2D eigenvalue weighted by atomic mass is 10.1. The molecule has 1 amide bonds. The van der Waals surface area contributed by atoms with Gasteiger partial charge in [-0.25, -0.2) is 4.39 Å². The Kier molecular flexibility index (Phi) is 3.94. The van der Waals surface area contributed by atoms with E-state index in [-0.39, 0.29) is 29.6 Å². The van der Waals surface area contributed by atoms with Crippen molar-refractivity contribution in [3.05, 3.63) is 34.6 Å². The van der Waals surface area contributed by atoms with Crippen LogP contribution in [0.5, 0.6) is 0 Å². The van der Waals surface area contributed by atoms with Gasteiger partial charge >= 0.3 is 0 Å². The minimum Gasteiger partial charge on any atom is -0.352 e. The second kappa shape index (κ2) is 5.70. The molecule has 1 saturated heterocycles. The van der Waals surface area contributed by atoms with E-state index in [1.54, 1.807) is 12.1 Å². The zero-order valence-corrected chi connectivity index (χ0v) is 11.9. The number of hydrogen-bond donors (Lipinski definition) is 2. The summed E-state index contributed by atoms with van der Waals surface area (Å²) in [5, 5.41) is 6.74. The molecule has 1 heterocycles. The summed E-state index contributed by atoms with van der Waals surface area (Å²) in [5.74, 6) is -0.480. The van der Waals surface area contributed by atoms with Crippen molar-refractivity contribution in [1.29, 1.82) is 0 Å². The number of nitrogens with one attached hydrogen (secondary N) is 2. The Morgan fingerprint density at radius 2 is 2.30 bits per heavy atom. The van der Waals surface area contributed by atoms with Gasteiger partial charge in [0.15, 0.2) is 0 Å². The second-order valence-corrected chi connectivity index (χ2v) is 6.04. The average Bonchev–Trinajstić information content (AvgIpc) is 3.20. The Morgan fingerprint density at radius 3 is 3.00 bits per heavy atom. The average molecular weight is 297 g/mol. The first-order chi connectivity index (χ1) is 9.66. The Balaban J connectivity index is 1.62. The maximum absolute atomic E-state index is 13.8. The molecule has 3 atom stereocenters. The molecule has 1 aliphatic carbocycles. The van der Waals surface area contributed by atoms with Crippen LogP contribution in [0.1, 0.15) is 30.7 Å². The van der Waals surface area contributed by atoms with E-state index in [1.165, 1.54) is 6.07 Å². The van der Waals surface area contributed by atoms with Crippen molar-refractivity contribution in [2.24, 2.45) is 5.92 Å². The molecule has 0 radical (unpaired) electrons. The van der Waals surface area contributed by atoms with Crippen LogP contribution >= 0.6 is 11.6 Å². The van der Waals surface area contributed by atoms with E-state index >= 15 is 0 Å². The van der Waals surface area contributed by atoms with Crippen LogP contribution in [0.25, 0.3) is 0 Å². The fourth-order valence-corrected chi connectivity index (χ4v) is 3.26. The first kappa shape index (κ1) is 13.8. The summed E-state index contributed by atoms with van der Waals surface area (Å²) in [6, 6.07) is 4.87. The van der Waals surface area contributed by atoms with Crippen LogP contribution < -0.4 is 10.6 Å². The highest BCUT2D eigenvalue weighted by molar-refractivity contribution is 6.31. The molecule has 0 bridgehead atoms. The molecule has 108 valence electrons. The normalized spacial score (nSPS) is 29.0. The minimum absolute atomic E-state index is 0.0306. The fraction of sp³-hybridized carbons (Fsp3) is 0.533. The summed E-state index contributed by atoms with van der Waals surface area (Å²) in [7, 11) is 0. The van der Waals surface area contributed by atoms with Crippen LogP contribution in [-0.2, 0) is 4.79 Å². The molecule has 0 spiro atoms. The molecule has 1 aromatic carbocycles. The van der Waals surface area contributed by atoms with Crippen molar-refractivity contribution in [2.45, 2.75) is 31.2 Å². The van der Waals surface area contributed by atoms with Gasteiger partial charge in [-0.1, -0.05) is 17.7 Å². The summed E-state index contributed by atoms with van der Waals surface area (Å²) in [4.78, 5) is 12.2. The van der Waals surface area contributed by atoms with Gasteiger partial charge in [0.1, 0.15) is 5.82 Å². The Hall–Kier alpha value is -1.13. The largest absolute Gasteiger partial charge is 0.352 e. The van der Waals surface area contributed by atoms with E-state index in [1.807, 2.05) is 0 Å². The summed E-state index contributed by atoms with van der Waals surface area (Å²) in [6.07, 6.45) is 2.78. The maximum Gasteiger partial charge on any atom is 0.224 e. The van der Waals surface area contributed by atoms with Crippen LogP contribution in [-0.4, -0.2) is 25.0 Å². The molecule has 2 N–H and O–H groups in total. The van der Waals surface area contributed by atoms with E-state index in [2.05, 4.69) is 10.6 Å². The molecular formula is C15H18ClFN2O. The molecular weight excluding hydrogens is 279 g/mol. The van der Waals surface area contributed by atoms with Gasteiger partial charge in [-0.05, 0) is 37.9 Å². The molecule has 0 aromatic heterocycles. The van der Waals surface area contributed by atoms with Gasteiger partial charge in [0.05, 0.1) is 0 Å². The minimum atomic E-state index is -0.308. The highest BCUT2D eigenvalue weighted by atomic mass is 35.5. The third-order valence-electron chi connectivity index (χ3n) is 4.14. The molecule has 3 rings (SSSR count). The highest BCUT2D eigenvalue weighted by Gasteiger charge is 2.46. The predicted octanol–water partition coefficient (Wildman–Crippen LogP) is 2.45. The number of carbonyl (C=O) groups is 1. The van der Waals surface area contributed by atoms with Crippen molar-refractivity contribution in [3.8, 4) is 0 Å². The Morgan fingerprint density at radius 1 is 1.45 bits per heavy atom. The smallest absolute Gasteiger partial charge is 0.224 e. The van der Waals surface area contributed by atoms with Gasteiger partial charge in [0.2, 0.25) is 5.91 Å². The lowest BCUT2D eigenvalue weighted by molar-refractivity contribution is -0.123. The van der Waals surface area contributed by atoms with Crippen LogP contribution in [0.2, 0.25) is 5.02 Å². The predicted molar refractivity (Wildman–Crippen MR) is 76.3 cm³/mol. The van der Waals surface area contributed by atoms with E-state index < -0.39 is 0 Å². The van der Waals surface area contributed by atoms with E-state index in [9.17, 15) is 9.18 Å². The molecule has 5 heteroatoms. The van der Waals surface area contributed by atoms with Crippen molar-refractivity contribution in [2.75, 3.05) is 13.1 Å². The van der Waals surface area contributed by atoms with Gasteiger partial charge < -0.3 is 10.6 Å². The van der Waals surface area contributed by atoms with E-state index in [4.69, 9.17) is 11.6 Å². The van der Waals surface area contributed by atoms with Crippen LogP contribution in [0.3, 0.4) is 0 Å². The summed E-state index contributed by atoms with van der Waals surface area (Å²) in [5.41, 5.74) is 0.496. The van der Waals surface area contributed by atoms with Crippen molar-refractivity contribution in [1.82, 2.24) is 10.6 Å². The van der Waals surface area contributed by atoms with Crippen molar-refractivity contribution >= 4 is 17.5 Å². The van der Waals surface area contributed by atoms with Gasteiger partial charge in [-0.2, -0.15) is 0 Å². The van der Waals surface area contributed by atoms with Crippen molar-refractivity contribution < 1.29 is 9.18 Å². The molecule has 3 nitrogen and oxygen atoms in total. The van der Waals surface area contributed by atoms with Crippen LogP contribution in [0.4, 0.5) is 4.39 Å². The Labute approximate surface area is 122 Å². The molecule has 1 saturated carbocycles. The lowest BCUT2D eigenvalue weighted by Crippen LogP contribution is -2.46. The Bertz CT molecular complexity index is 496. The number of amides is 1. The number of rotatable bonds is 3. The summed E-state index contributed by atoms with van der Waals surface area (Å²) >= 11 is 6.04. The van der Waals surface area contributed by atoms with Gasteiger partial charge in [-0.15, -0.1) is 0 Å². The van der Waals surface area contributed by atoms with Gasteiger partial charge in [0.25, 0.3) is 0 Å². The molecule has 2 aliphatic rings. The van der Waals surface area contributed by atoms with Crippen LogP contribution in [0.15, 0.2) is 18.2 Å². The fourth-order valence-electron chi connectivity index (χ4n) is 2.95. The summed E-state index contributed by atoms with van der Waals surface area (Å²) in [6.45, 7) is 1.84. The lowest BCUT2D eigenvalue weighted by Gasteiger charge is -2.23. The van der Waals surface area contributed by atoms with Crippen LogP contribution in [0, 0.1) is 11.7 Å². The van der Waals surface area contributed by atoms with E-state index in [0.717, 1.165) is 25.9 Å². The number of hydrogen-bond acceptors (Lipinski definition) is 2. The second-order valence-electron chi connectivity index (χ2n) is 5.64. The molecule has 20 heavy (non-hydrogen) atoms. The molecule has 2 fully saturated rings. The zero-order valence-electron chi connectivity index (χ0n) is 11.2. The number of halogens is 2. The third kappa shape index (κ3) is 2.81. The number of benzene rings is 1. The first-order valence-corrected chi connectivity index (χ1v) is 7.49. The maximum atomic E-state index is 13.8. The number of piperidine rings is 1. The number of carbonyl (C=O) groups excluding carboxylic acids is 1. The molecule has 1 aromatic rings. The third-order valence-corrected chi connectivity index (χ3v) is 4.47.